The molecule has 16 heavy (non-hydrogen) atoms. The molecule has 0 saturated carbocycles. The number of benzene rings is 1. The molecule has 0 aliphatic carbocycles. The lowest BCUT2D eigenvalue weighted by Gasteiger charge is -2.22. The van der Waals surface area contributed by atoms with Crippen molar-refractivity contribution in [1.29, 1.82) is 0 Å². The summed E-state index contributed by atoms with van der Waals surface area (Å²) in [6.45, 7) is 1.05. The van der Waals surface area contributed by atoms with Gasteiger partial charge in [0, 0.05) is 44.0 Å². The molecular formula is C11H15IN2S2. The topological polar surface area (TPSA) is 38.0 Å². The van der Waals surface area contributed by atoms with Gasteiger partial charge in [-0.15, -0.1) is 0 Å². The molecule has 1 unspecified atom stereocenters. The van der Waals surface area contributed by atoms with Crippen molar-refractivity contribution in [3.05, 3.63) is 21.8 Å². The highest BCUT2D eigenvalue weighted by molar-refractivity contribution is 14.1. The lowest BCUT2D eigenvalue weighted by molar-refractivity contribution is 1.00. The van der Waals surface area contributed by atoms with Crippen LogP contribution in [0.4, 0.5) is 11.4 Å². The van der Waals surface area contributed by atoms with Crippen LogP contribution in [0.25, 0.3) is 0 Å². The Morgan fingerprint density at radius 1 is 1.44 bits per heavy atom. The van der Waals surface area contributed by atoms with E-state index in [1.165, 1.54) is 26.5 Å². The third-order valence-corrected chi connectivity index (χ3v) is 6.14. The van der Waals surface area contributed by atoms with Crippen LogP contribution in [-0.4, -0.2) is 29.1 Å². The first-order valence-electron chi connectivity index (χ1n) is 5.24. The average molecular weight is 366 g/mol. The van der Waals surface area contributed by atoms with Gasteiger partial charge in [-0.1, -0.05) is 0 Å². The fraction of sp³-hybridized carbons (Fsp3) is 0.455. The fourth-order valence-electron chi connectivity index (χ4n) is 1.55. The first-order chi connectivity index (χ1) is 7.75. The molecule has 1 aromatic carbocycles. The number of nitrogens with one attached hydrogen (secondary N) is 1. The third kappa shape index (κ3) is 3.63. The normalized spacial score (nSPS) is 20.7. The zero-order valence-corrected chi connectivity index (χ0v) is 12.7. The highest BCUT2D eigenvalue weighted by Crippen LogP contribution is 2.26. The molecule has 1 fully saturated rings. The molecule has 0 amide bonds. The second-order valence-electron chi connectivity index (χ2n) is 3.69. The summed E-state index contributed by atoms with van der Waals surface area (Å²) in [5.74, 6) is 3.86. The van der Waals surface area contributed by atoms with E-state index in [0.717, 1.165) is 17.5 Å². The Morgan fingerprint density at radius 3 is 3.00 bits per heavy atom. The van der Waals surface area contributed by atoms with Crippen LogP contribution in [0, 0.1) is 3.57 Å². The molecule has 1 atom stereocenters. The number of halogens is 1. The predicted octanol–water partition coefficient (Wildman–Crippen LogP) is 3.13. The van der Waals surface area contributed by atoms with Crippen LogP contribution in [0.15, 0.2) is 18.2 Å². The van der Waals surface area contributed by atoms with Crippen LogP contribution >= 0.6 is 46.1 Å². The summed E-state index contributed by atoms with van der Waals surface area (Å²) in [7, 11) is 0. The minimum absolute atomic E-state index is 0.743. The standard InChI is InChI=1S/C11H15IN2S2/c12-10-5-8(13)1-2-11(10)14-6-9-7-15-3-4-16-9/h1-2,5,9,14H,3-4,6-7,13H2. The Hall–Kier alpha value is 0.250. The minimum Gasteiger partial charge on any atom is -0.399 e. The fourth-order valence-corrected chi connectivity index (χ4v) is 4.89. The van der Waals surface area contributed by atoms with Gasteiger partial charge in [-0.25, -0.2) is 0 Å². The molecule has 5 heteroatoms. The first-order valence-corrected chi connectivity index (χ1v) is 8.52. The van der Waals surface area contributed by atoms with Gasteiger partial charge in [0.1, 0.15) is 0 Å². The zero-order valence-electron chi connectivity index (χ0n) is 8.91. The van der Waals surface area contributed by atoms with Gasteiger partial charge in [0.05, 0.1) is 0 Å². The van der Waals surface area contributed by atoms with Crippen LogP contribution < -0.4 is 11.1 Å². The molecule has 1 saturated heterocycles. The number of hydrogen-bond acceptors (Lipinski definition) is 4. The molecule has 1 heterocycles. The van der Waals surface area contributed by atoms with E-state index < -0.39 is 0 Å². The van der Waals surface area contributed by atoms with Gasteiger partial charge < -0.3 is 11.1 Å². The second-order valence-corrected chi connectivity index (χ2v) is 7.41. The minimum atomic E-state index is 0.743. The molecular weight excluding hydrogens is 351 g/mol. The van der Waals surface area contributed by atoms with Crippen molar-refractivity contribution in [2.75, 3.05) is 34.9 Å². The van der Waals surface area contributed by atoms with Gasteiger partial charge in [-0.3, -0.25) is 0 Å². The summed E-state index contributed by atoms with van der Waals surface area (Å²) in [4.78, 5) is 0. The van der Waals surface area contributed by atoms with Crippen molar-refractivity contribution in [1.82, 2.24) is 0 Å². The van der Waals surface area contributed by atoms with Gasteiger partial charge >= 0.3 is 0 Å². The van der Waals surface area contributed by atoms with Gasteiger partial charge in [-0.05, 0) is 40.8 Å². The monoisotopic (exact) mass is 366 g/mol. The molecule has 0 aromatic heterocycles. The smallest absolute Gasteiger partial charge is 0.0477 e. The number of nitrogens with two attached hydrogens (primary N) is 1. The summed E-state index contributed by atoms with van der Waals surface area (Å²) < 4.78 is 1.20. The molecule has 1 aliphatic rings. The van der Waals surface area contributed by atoms with Gasteiger partial charge in [0.15, 0.2) is 0 Å². The van der Waals surface area contributed by atoms with E-state index in [2.05, 4.69) is 57.5 Å². The van der Waals surface area contributed by atoms with Crippen molar-refractivity contribution in [2.45, 2.75) is 5.25 Å². The van der Waals surface area contributed by atoms with Crippen LogP contribution in [0.1, 0.15) is 0 Å². The van der Waals surface area contributed by atoms with E-state index in [1.54, 1.807) is 0 Å². The van der Waals surface area contributed by atoms with Gasteiger partial charge in [-0.2, -0.15) is 23.5 Å². The highest BCUT2D eigenvalue weighted by atomic mass is 127. The number of anilines is 2. The maximum Gasteiger partial charge on any atom is 0.0477 e. The zero-order chi connectivity index (χ0) is 11.4. The molecule has 1 aliphatic heterocycles. The summed E-state index contributed by atoms with van der Waals surface area (Å²) in [5, 5.41) is 4.26. The Kier molecular flexibility index (Phi) is 4.97. The molecule has 2 nitrogen and oxygen atoms in total. The Labute approximate surface area is 119 Å². The Morgan fingerprint density at radius 2 is 2.31 bits per heavy atom. The Balaban J connectivity index is 1.88. The van der Waals surface area contributed by atoms with Crippen LogP contribution in [0.2, 0.25) is 0 Å². The van der Waals surface area contributed by atoms with Crippen LogP contribution in [-0.2, 0) is 0 Å². The van der Waals surface area contributed by atoms with E-state index >= 15 is 0 Å². The number of thioether (sulfide) groups is 2. The maximum absolute atomic E-state index is 5.73. The molecule has 0 spiro atoms. The summed E-state index contributed by atoms with van der Waals surface area (Å²) in [6.07, 6.45) is 0. The lowest BCUT2D eigenvalue weighted by Crippen LogP contribution is -2.23. The van der Waals surface area contributed by atoms with E-state index in [9.17, 15) is 0 Å². The highest BCUT2D eigenvalue weighted by Gasteiger charge is 2.14. The molecule has 0 bridgehead atoms. The van der Waals surface area contributed by atoms with E-state index in [-0.39, 0.29) is 0 Å². The van der Waals surface area contributed by atoms with Crippen LogP contribution in [0.5, 0.6) is 0 Å². The Bertz CT molecular complexity index is 354. The average Bonchev–Trinajstić information content (AvgIpc) is 2.29. The van der Waals surface area contributed by atoms with Crippen molar-refractivity contribution < 1.29 is 0 Å². The van der Waals surface area contributed by atoms with E-state index in [0.29, 0.717) is 0 Å². The van der Waals surface area contributed by atoms with Crippen LogP contribution in [0.3, 0.4) is 0 Å². The SMILES string of the molecule is Nc1ccc(NCC2CSCCS2)c(I)c1. The summed E-state index contributed by atoms with van der Waals surface area (Å²) in [5.41, 5.74) is 7.76. The number of nitrogen functional groups attached to an aromatic ring is 1. The molecule has 88 valence electrons. The van der Waals surface area contributed by atoms with Crippen molar-refractivity contribution in [3.8, 4) is 0 Å². The number of hydrogen-bond donors (Lipinski definition) is 2. The third-order valence-electron chi connectivity index (χ3n) is 2.40. The van der Waals surface area contributed by atoms with Crippen molar-refractivity contribution in [3.63, 3.8) is 0 Å². The number of rotatable bonds is 3. The van der Waals surface area contributed by atoms with Crippen molar-refractivity contribution >= 4 is 57.5 Å². The lowest BCUT2D eigenvalue weighted by atomic mass is 10.3. The molecule has 2 rings (SSSR count). The van der Waals surface area contributed by atoms with E-state index in [4.69, 9.17) is 5.73 Å². The van der Waals surface area contributed by atoms with Crippen molar-refractivity contribution in [2.24, 2.45) is 0 Å². The molecule has 1 aromatic rings. The molecule has 0 radical (unpaired) electrons. The van der Waals surface area contributed by atoms with Gasteiger partial charge in [0.2, 0.25) is 0 Å². The quantitative estimate of drug-likeness (QED) is 0.637. The van der Waals surface area contributed by atoms with Gasteiger partial charge in [0.25, 0.3) is 0 Å². The first kappa shape index (κ1) is 12.7. The summed E-state index contributed by atoms with van der Waals surface area (Å²) >= 11 is 6.47. The maximum atomic E-state index is 5.73. The largest absolute Gasteiger partial charge is 0.399 e. The predicted molar refractivity (Wildman–Crippen MR) is 85.6 cm³/mol. The second kappa shape index (κ2) is 6.26. The summed E-state index contributed by atoms with van der Waals surface area (Å²) in [6, 6.07) is 6.02. The van der Waals surface area contributed by atoms with E-state index in [1.807, 2.05) is 12.1 Å². The molecule has 3 N–H and O–H groups in total.